The maximum atomic E-state index is 11.6. The van der Waals surface area contributed by atoms with Gasteiger partial charge in [0.05, 0.1) is 16.6 Å². The standard InChI is InChI=1S/C28H28ClNO5/c1-2-7-26(28(31)32)35-27-20(9-5-12-24(27)29)17-33-22-10-6-11-23(16-22)34-18-21-15-14-19-8-3-4-13-25(19)30-21/h3-6,8-16,24,26-27H,2,7,17-18H2,1H3,(H,31,32). The van der Waals surface area contributed by atoms with Gasteiger partial charge in [0.1, 0.15) is 30.8 Å². The highest BCUT2D eigenvalue weighted by Crippen LogP contribution is 2.27. The average molecular weight is 494 g/mol. The van der Waals surface area contributed by atoms with Gasteiger partial charge in [0.25, 0.3) is 0 Å². The zero-order valence-corrected chi connectivity index (χ0v) is 20.2. The highest BCUT2D eigenvalue weighted by Gasteiger charge is 2.30. The van der Waals surface area contributed by atoms with E-state index in [4.69, 9.17) is 25.8 Å². The second-order valence-corrected chi connectivity index (χ2v) is 8.79. The van der Waals surface area contributed by atoms with Crippen LogP contribution in [0.15, 0.2) is 84.5 Å². The zero-order chi connectivity index (χ0) is 24.6. The van der Waals surface area contributed by atoms with Crippen molar-refractivity contribution in [1.82, 2.24) is 4.98 Å². The Hall–Kier alpha value is -3.35. The van der Waals surface area contributed by atoms with Crippen molar-refractivity contribution in [2.45, 2.75) is 44.0 Å². The number of halogens is 1. The van der Waals surface area contributed by atoms with Gasteiger partial charge in [-0.25, -0.2) is 9.78 Å². The van der Waals surface area contributed by atoms with Crippen molar-refractivity contribution in [3.05, 3.63) is 90.2 Å². The molecule has 0 amide bonds. The van der Waals surface area contributed by atoms with Crippen molar-refractivity contribution < 1.29 is 24.1 Å². The third-order valence-corrected chi connectivity index (χ3v) is 6.03. The Morgan fingerprint density at radius 2 is 1.83 bits per heavy atom. The molecule has 0 fully saturated rings. The summed E-state index contributed by atoms with van der Waals surface area (Å²) in [6.45, 7) is 2.47. The highest BCUT2D eigenvalue weighted by atomic mass is 35.5. The fourth-order valence-corrected chi connectivity index (χ4v) is 4.14. The van der Waals surface area contributed by atoms with E-state index in [9.17, 15) is 9.90 Å². The lowest BCUT2D eigenvalue weighted by molar-refractivity contribution is -0.153. The molecule has 1 aliphatic carbocycles. The van der Waals surface area contributed by atoms with E-state index < -0.39 is 23.6 Å². The third-order valence-electron chi connectivity index (χ3n) is 5.65. The molecule has 0 aliphatic heterocycles. The van der Waals surface area contributed by atoms with E-state index in [2.05, 4.69) is 4.98 Å². The summed E-state index contributed by atoms with van der Waals surface area (Å²) in [7, 11) is 0. The van der Waals surface area contributed by atoms with E-state index in [-0.39, 0.29) is 6.61 Å². The third kappa shape index (κ3) is 6.62. The fourth-order valence-electron chi connectivity index (χ4n) is 3.83. The molecule has 0 bridgehead atoms. The maximum Gasteiger partial charge on any atom is 0.332 e. The summed E-state index contributed by atoms with van der Waals surface area (Å²) < 4.78 is 17.8. The molecule has 7 heteroatoms. The molecule has 0 radical (unpaired) electrons. The molecule has 3 unspecified atom stereocenters. The van der Waals surface area contributed by atoms with Crippen molar-refractivity contribution in [2.75, 3.05) is 6.61 Å². The van der Waals surface area contributed by atoms with Crippen LogP contribution < -0.4 is 9.47 Å². The van der Waals surface area contributed by atoms with Gasteiger partial charge in [-0.3, -0.25) is 0 Å². The summed E-state index contributed by atoms with van der Waals surface area (Å²) in [5.74, 6) is 0.292. The van der Waals surface area contributed by atoms with Gasteiger partial charge < -0.3 is 19.3 Å². The quantitative estimate of drug-likeness (QED) is 0.333. The van der Waals surface area contributed by atoms with Gasteiger partial charge in [0, 0.05) is 11.5 Å². The Kier molecular flexibility index (Phi) is 8.40. The number of pyridine rings is 1. The lowest BCUT2D eigenvalue weighted by Crippen LogP contribution is -2.37. The van der Waals surface area contributed by atoms with Crippen LogP contribution in [0.4, 0.5) is 0 Å². The molecule has 3 aromatic rings. The van der Waals surface area contributed by atoms with Crippen molar-refractivity contribution in [3.8, 4) is 11.5 Å². The van der Waals surface area contributed by atoms with E-state index in [1.54, 1.807) is 6.08 Å². The van der Waals surface area contributed by atoms with E-state index in [0.29, 0.717) is 30.9 Å². The normalized spacial score (nSPS) is 18.2. The van der Waals surface area contributed by atoms with Gasteiger partial charge in [-0.15, -0.1) is 11.6 Å². The number of alkyl halides is 1. The van der Waals surface area contributed by atoms with E-state index in [0.717, 1.165) is 22.2 Å². The van der Waals surface area contributed by atoms with Crippen LogP contribution >= 0.6 is 11.6 Å². The predicted molar refractivity (Wildman–Crippen MR) is 136 cm³/mol. The molecule has 182 valence electrons. The summed E-state index contributed by atoms with van der Waals surface area (Å²) in [6.07, 6.45) is 5.11. The number of carbonyl (C=O) groups is 1. The number of hydrogen-bond donors (Lipinski definition) is 1. The number of hydrogen-bond acceptors (Lipinski definition) is 5. The summed E-state index contributed by atoms with van der Waals surface area (Å²) in [4.78, 5) is 16.2. The zero-order valence-electron chi connectivity index (χ0n) is 19.5. The minimum atomic E-state index is -0.990. The number of rotatable bonds is 11. The van der Waals surface area contributed by atoms with E-state index in [1.807, 2.05) is 79.7 Å². The van der Waals surface area contributed by atoms with Crippen molar-refractivity contribution in [1.29, 1.82) is 0 Å². The molecule has 1 N–H and O–H groups in total. The first-order valence-electron chi connectivity index (χ1n) is 11.6. The van der Waals surface area contributed by atoms with Gasteiger partial charge >= 0.3 is 5.97 Å². The van der Waals surface area contributed by atoms with Crippen LogP contribution in [0.25, 0.3) is 10.9 Å². The Bertz CT molecular complexity index is 1220. The number of carboxylic acids is 1. The van der Waals surface area contributed by atoms with Crippen LogP contribution in [0.3, 0.4) is 0 Å². The molecule has 4 rings (SSSR count). The van der Waals surface area contributed by atoms with Crippen molar-refractivity contribution in [2.24, 2.45) is 0 Å². The molecule has 3 atom stereocenters. The van der Waals surface area contributed by atoms with Crippen LogP contribution in [0.1, 0.15) is 25.5 Å². The fraction of sp³-hybridized carbons (Fsp3) is 0.286. The summed E-state index contributed by atoms with van der Waals surface area (Å²) in [5.41, 5.74) is 2.54. The Balaban J connectivity index is 1.37. The molecular weight excluding hydrogens is 466 g/mol. The van der Waals surface area contributed by atoms with E-state index >= 15 is 0 Å². The molecule has 35 heavy (non-hydrogen) atoms. The molecule has 1 aliphatic rings. The summed E-state index contributed by atoms with van der Waals surface area (Å²) in [5, 5.41) is 10.1. The van der Waals surface area contributed by atoms with Crippen LogP contribution in [-0.2, 0) is 16.1 Å². The van der Waals surface area contributed by atoms with Crippen molar-refractivity contribution in [3.63, 3.8) is 0 Å². The predicted octanol–water partition coefficient (Wildman–Crippen LogP) is 5.93. The summed E-state index contributed by atoms with van der Waals surface area (Å²) in [6, 6.07) is 19.3. The number of benzene rings is 2. The number of aromatic nitrogens is 1. The number of aliphatic carboxylic acids is 1. The van der Waals surface area contributed by atoms with Gasteiger partial charge in [0.15, 0.2) is 6.10 Å². The molecule has 1 aromatic heterocycles. The Morgan fingerprint density at radius 1 is 1.06 bits per heavy atom. The first-order chi connectivity index (χ1) is 17.0. The minimum Gasteiger partial charge on any atom is -0.489 e. The molecule has 0 saturated carbocycles. The molecule has 2 aromatic carbocycles. The second kappa shape index (κ2) is 11.9. The molecular formula is C28H28ClNO5. The molecule has 0 saturated heterocycles. The van der Waals surface area contributed by atoms with Crippen LogP contribution in [0.2, 0.25) is 0 Å². The van der Waals surface area contributed by atoms with Crippen molar-refractivity contribution >= 4 is 28.5 Å². The maximum absolute atomic E-state index is 11.6. The lowest BCUT2D eigenvalue weighted by Gasteiger charge is -2.28. The topological polar surface area (TPSA) is 77.9 Å². The van der Waals surface area contributed by atoms with Crippen LogP contribution in [0.5, 0.6) is 11.5 Å². The smallest absolute Gasteiger partial charge is 0.332 e. The molecule has 0 spiro atoms. The lowest BCUT2D eigenvalue weighted by atomic mass is 10.0. The largest absolute Gasteiger partial charge is 0.489 e. The number of ether oxygens (including phenoxy) is 3. The number of para-hydroxylation sites is 1. The second-order valence-electron chi connectivity index (χ2n) is 8.29. The SMILES string of the molecule is CCCC(OC1C(COc2cccc(OCc3ccc4ccccc4n3)c2)=CC=CC1Cl)C(=O)O. The first-order valence-corrected chi connectivity index (χ1v) is 12.1. The van der Waals surface area contributed by atoms with Gasteiger partial charge in [-0.05, 0) is 36.3 Å². The highest BCUT2D eigenvalue weighted by molar-refractivity contribution is 6.22. The van der Waals surface area contributed by atoms with Gasteiger partial charge in [-0.1, -0.05) is 61.9 Å². The summed E-state index contributed by atoms with van der Waals surface area (Å²) >= 11 is 6.44. The number of carboxylic acid groups (broad SMARTS) is 1. The number of allylic oxidation sites excluding steroid dienone is 2. The number of fused-ring (bicyclic) bond motifs is 1. The molecule has 6 nitrogen and oxygen atoms in total. The number of nitrogens with zero attached hydrogens (tertiary/aromatic N) is 1. The Morgan fingerprint density at radius 3 is 2.60 bits per heavy atom. The van der Waals surface area contributed by atoms with Crippen LogP contribution in [0, 0.1) is 0 Å². The van der Waals surface area contributed by atoms with Crippen LogP contribution in [-0.4, -0.2) is 40.3 Å². The monoisotopic (exact) mass is 493 g/mol. The van der Waals surface area contributed by atoms with Gasteiger partial charge in [0.2, 0.25) is 0 Å². The molecule has 1 heterocycles. The Labute approximate surface area is 209 Å². The first kappa shape index (κ1) is 24.8. The minimum absolute atomic E-state index is 0.215. The average Bonchev–Trinajstić information content (AvgIpc) is 2.87. The van der Waals surface area contributed by atoms with E-state index in [1.165, 1.54) is 0 Å². The van der Waals surface area contributed by atoms with Gasteiger partial charge in [-0.2, -0.15) is 0 Å².